The maximum Gasteiger partial charge on any atom is 0.271 e. The number of ether oxygens (including phenoxy) is 1. The summed E-state index contributed by atoms with van der Waals surface area (Å²) in [5, 5.41) is 4.15. The van der Waals surface area contributed by atoms with E-state index in [0.717, 1.165) is 5.56 Å². The molecular formula is C24H23F3N4O. The molecule has 0 aliphatic heterocycles. The third-order valence-corrected chi connectivity index (χ3v) is 5.21. The highest BCUT2D eigenvalue weighted by atomic mass is 19.3. The molecule has 0 bridgehead atoms. The van der Waals surface area contributed by atoms with Crippen LogP contribution in [0.25, 0.3) is 16.8 Å². The molecule has 8 heteroatoms. The van der Waals surface area contributed by atoms with Crippen LogP contribution in [-0.2, 0) is 24.3 Å². The van der Waals surface area contributed by atoms with Crippen molar-refractivity contribution in [3.05, 3.63) is 89.6 Å². The van der Waals surface area contributed by atoms with E-state index >= 15 is 0 Å². The number of nitrogens with two attached hydrogens (primary N) is 1. The second-order valence-electron chi connectivity index (χ2n) is 7.63. The molecule has 2 aromatic carbocycles. The van der Waals surface area contributed by atoms with Gasteiger partial charge < -0.3 is 10.5 Å². The number of rotatable bonds is 9. The van der Waals surface area contributed by atoms with Gasteiger partial charge in [0.25, 0.3) is 5.92 Å². The lowest BCUT2D eigenvalue weighted by atomic mass is 10.1. The first-order chi connectivity index (χ1) is 15.4. The molecule has 0 aliphatic rings. The predicted octanol–water partition coefficient (Wildman–Crippen LogP) is 4.78. The summed E-state index contributed by atoms with van der Waals surface area (Å²) >= 11 is 0. The highest BCUT2D eigenvalue weighted by Gasteiger charge is 2.29. The topological polar surface area (TPSA) is 65.4 Å². The number of alkyl halides is 2. The quantitative estimate of drug-likeness (QED) is 0.407. The largest absolute Gasteiger partial charge is 0.371 e. The molecule has 0 saturated carbocycles. The molecule has 0 radical (unpaired) electrons. The highest BCUT2D eigenvalue weighted by molar-refractivity contribution is 5.77. The predicted molar refractivity (Wildman–Crippen MR) is 116 cm³/mol. The summed E-state index contributed by atoms with van der Waals surface area (Å²) in [6, 6.07) is 15.7. The van der Waals surface area contributed by atoms with Crippen molar-refractivity contribution in [3.8, 4) is 11.3 Å². The van der Waals surface area contributed by atoms with Crippen molar-refractivity contribution >= 4 is 5.52 Å². The Bertz CT molecular complexity index is 1190. The van der Waals surface area contributed by atoms with Gasteiger partial charge in [0.1, 0.15) is 18.8 Å². The van der Waals surface area contributed by atoms with E-state index in [9.17, 15) is 13.2 Å². The van der Waals surface area contributed by atoms with Gasteiger partial charge in [0.05, 0.1) is 17.8 Å². The summed E-state index contributed by atoms with van der Waals surface area (Å²) in [6.07, 6.45) is 2.82. The molecule has 0 fully saturated rings. The molecule has 166 valence electrons. The van der Waals surface area contributed by atoms with Gasteiger partial charge in [0.2, 0.25) is 0 Å². The Labute approximate surface area is 183 Å². The molecule has 0 atom stereocenters. The van der Waals surface area contributed by atoms with Crippen molar-refractivity contribution < 1.29 is 17.9 Å². The van der Waals surface area contributed by atoms with Gasteiger partial charge in [-0.2, -0.15) is 5.10 Å². The summed E-state index contributed by atoms with van der Waals surface area (Å²) in [6.45, 7) is -0.401. The van der Waals surface area contributed by atoms with Gasteiger partial charge in [0.15, 0.2) is 0 Å². The smallest absolute Gasteiger partial charge is 0.271 e. The minimum atomic E-state index is -2.96. The van der Waals surface area contributed by atoms with Crippen molar-refractivity contribution in [2.45, 2.75) is 31.9 Å². The van der Waals surface area contributed by atoms with Gasteiger partial charge in [-0.1, -0.05) is 42.5 Å². The van der Waals surface area contributed by atoms with E-state index in [1.165, 1.54) is 12.4 Å². The van der Waals surface area contributed by atoms with Gasteiger partial charge in [-0.25, -0.2) is 22.7 Å². The third kappa shape index (κ3) is 5.15. The van der Waals surface area contributed by atoms with Gasteiger partial charge in [-0.3, -0.25) is 0 Å². The minimum absolute atomic E-state index is 0.101. The average molecular weight is 440 g/mol. The molecule has 0 amide bonds. The number of benzene rings is 2. The molecule has 2 N–H and O–H groups in total. The van der Waals surface area contributed by atoms with Crippen LogP contribution in [0.15, 0.2) is 67.1 Å². The van der Waals surface area contributed by atoms with Crippen LogP contribution in [0.5, 0.6) is 0 Å². The Morgan fingerprint density at radius 1 is 1.03 bits per heavy atom. The summed E-state index contributed by atoms with van der Waals surface area (Å²) in [7, 11) is 0. The van der Waals surface area contributed by atoms with E-state index in [4.69, 9.17) is 10.5 Å². The van der Waals surface area contributed by atoms with Crippen molar-refractivity contribution in [2.24, 2.45) is 5.73 Å². The van der Waals surface area contributed by atoms with Gasteiger partial charge in [-0.15, -0.1) is 0 Å². The van der Waals surface area contributed by atoms with Crippen LogP contribution in [0.3, 0.4) is 0 Å². The summed E-state index contributed by atoms with van der Waals surface area (Å²) in [4.78, 5) is 4.27. The molecular weight excluding hydrogens is 417 g/mol. The van der Waals surface area contributed by atoms with Crippen LogP contribution in [0.2, 0.25) is 0 Å². The number of aromatic nitrogens is 3. The van der Waals surface area contributed by atoms with Crippen LogP contribution < -0.4 is 5.73 Å². The van der Waals surface area contributed by atoms with Crippen molar-refractivity contribution in [1.29, 1.82) is 0 Å². The Kier molecular flexibility index (Phi) is 6.53. The molecule has 32 heavy (non-hydrogen) atoms. The minimum Gasteiger partial charge on any atom is -0.371 e. The maximum atomic E-state index is 14.3. The lowest BCUT2D eigenvalue weighted by molar-refractivity contribution is -0.0862. The zero-order chi connectivity index (χ0) is 22.6. The Hall–Kier alpha value is -3.23. The first kappa shape index (κ1) is 22.0. The van der Waals surface area contributed by atoms with Crippen LogP contribution in [-0.4, -0.2) is 27.1 Å². The fourth-order valence-electron chi connectivity index (χ4n) is 3.49. The molecule has 0 spiro atoms. The standard InChI is InChI=1S/C24H23F3N4O/c25-21-11-19(6-7-20(21)12-28)23-22-10-18(13-31(22)30-16-29-23)8-9-24(26,27)15-32-14-17-4-2-1-3-5-17/h1-7,10-11,13,16H,8-9,12,14-15,28H2. The van der Waals surface area contributed by atoms with Crippen LogP contribution in [0.1, 0.15) is 23.1 Å². The van der Waals surface area contributed by atoms with E-state index in [1.807, 2.05) is 30.3 Å². The average Bonchev–Trinajstić information content (AvgIpc) is 3.22. The molecule has 0 aliphatic carbocycles. The van der Waals surface area contributed by atoms with E-state index < -0.39 is 18.3 Å². The van der Waals surface area contributed by atoms with Gasteiger partial charge in [0, 0.05) is 30.3 Å². The molecule has 2 aromatic heterocycles. The SMILES string of the molecule is NCc1ccc(-c2ncnn3cc(CCC(F)(F)COCc4ccccc4)cc23)cc1F. The first-order valence-corrected chi connectivity index (χ1v) is 10.3. The van der Waals surface area contributed by atoms with Crippen molar-refractivity contribution in [1.82, 2.24) is 14.6 Å². The highest BCUT2D eigenvalue weighted by Crippen LogP contribution is 2.27. The molecule has 4 rings (SSSR count). The number of hydrogen-bond acceptors (Lipinski definition) is 4. The summed E-state index contributed by atoms with van der Waals surface area (Å²) in [5.41, 5.74) is 9.17. The van der Waals surface area contributed by atoms with E-state index in [2.05, 4.69) is 10.1 Å². The Balaban J connectivity index is 1.44. The monoisotopic (exact) mass is 440 g/mol. The first-order valence-electron chi connectivity index (χ1n) is 10.3. The fraction of sp³-hybridized carbons (Fsp3) is 0.250. The lowest BCUT2D eigenvalue weighted by Gasteiger charge is -2.16. The number of nitrogens with zero attached hydrogens (tertiary/aromatic N) is 3. The molecule has 2 heterocycles. The lowest BCUT2D eigenvalue weighted by Crippen LogP contribution is -2.24. The van der Waals surface area contributed by atoms with Crippen molar-refractivity contribution in [2.75, 3.05) is 6.61 Å². The third-order valence-electron chi connectivity index (χ3n) is 5.21. The number of hydrogen-bond donors (Lipinski definition) is 1. The van der Waals surface area contributed by atoms with Gasteiger partial charge in [-0.05, 0) is 29.7 Å². The molecule has 0 unspecified atom stereocenters. The fourth-order valence-corrected chi connectivity index (χ4v) is 3.49. The number of fused-ring (bicyclic) bond motifs is 1. The number of halogens is 3. The molecule has 4 aromatic rings. The van der Waals surface area contributed by atoms with E-state index in [0.29, 0.717) is 27.9 Å². The maximum absolute atomic E-state index is 14.3. The summed E-state index contributed by atoms with van der Waals surface area (Å²) < 4.78 is 49.6. The molecule has 0 saturated heterocycles. The Morgan fingerprint density at radius 3 is 2.59 bits per heavy atom. The van der Waals surface area contributed by atoms with E-state index in [-0.39, 0.29) is 26.0 Å². The second-order valence-corrected chi connectivity index (χ2v) is 7.63. The van der Waals surface area contributed by atoms with Crippen LogP contribution >= 0.6 is 0 Å². The Morgan fingerprint density at radius 2 is 1.84 bits per heavy atom. The van der Waals surface area contributed by atoms with Gasteiger partial charge >= 0.3 is 0 Å². The molecule has 5 nitrogen and oxygen atoms in total. The van der Waals surface area contributed by atoms with Crippen molar-refractivity contribution in [3.63, 3.8) is 0 Å². The number of aryl methyl sites for hydroxylation is 1. The normalized spacial score (nSPS) is 11.9. The zero-order valence-corrected chi connectivity index (χ0v) is 17.3. The van der Waals surface area contributed by atoms with Crippen LogP contribution in [0, 0.1) is 5.82 Å². The summed E-state index contributed by atoms with van der Waals surface area (Å²) in [5.74, 6) is -3.37. The van der Waals surface area contributed by atoms with Crippen LogP contribution in [0.4, 0.5) is 13.2 Å². The van der Waals surface area contributed by atoms with E-state index in [1.54, 1.807) is 28.9 Å². The second kappa shape index (κ2) is 9.50. The zero-order valence-electron chi connectivity index (χ0n) is 17.3.